The minimum atomic E-state index is -4.00. The van der Waals surface area contributed by atoms with Crippen molar-refractivity contribution in [3.63, 3.8) is 0 Å². The van der Waals surface area contributed by atoms with E-state index < -0.39 is 76.0 Å². The molecule has 2 aromatic carbocycles. The van der Waals surface area contributed by atoms with Crippen molar-refractivity contribution in [2.45, 2.75) is 54.1 Å². The molecule has 1 saturated carbocycles. The fourth-order valence-corrected chi connectivity index (χ4v) is 5.44. The number of primary amides is 1. The van der Waals surface area contributed by atoms with Gasteiger partial charge in [0.2, 0.25) is 11.8 Å². The molecule has 2 aromatic rings. The minimum absolute atomic E-state index is 0.00381. The SMILES string of the molecule is COc1ccc(CC(NC(=O)C2(O)CC(O)C(O)C(NC(=O)CS(=O)(=O)c3ccccc3)C2)C(N)=O)cc1. The Morgan fingerprint density at radius 3 is 2.29 bits per heavy atom. The van der Waals surface area contributed by atoms with Gasteiger partial charge in [0.1, 0.15) is 29.2 Å². The molecule has 5 atom stereocenters. The molecule has 7 N–H and O–H groups in total. The normalized spacial score (nSPS) is 24.2. The highest BCUT2D eigenvalue weighted by atomic mass is 32.2. The standard InChI is InChI=1S/C25H31N3O9S/c1-37-16-9-7-15(8-10-16)11-18(23(26)32)28-24(33)25(34)12-19(22(31)20(29)13-25)27-21(30)14-38(35,36)17-5-3-2-4-6-17/h2-10,18-20,22,29,31,34H,11-14H2,1H3,(H2,26,32)(H,27,30)(H,28,33). The smallest absolute Gasteiger partial charge is 0.252 e. The highest BCUT2D eigenvalue weighted by Crippen LogP contribution is 2.30. The first-order valence-corrected chi connectivity index (χ1v) is 13.4. The first kappa shape index (κ1) is 29.0. The Morgan fingerprint density at radius 2 is 1.71 bits per heavy atom. The third-order valence-corrected chi connectivity index (χ3v) is 7.98. The lowest BCUT2D eigenvalue weighted by Crippen LogP contribution is -2.64. The Morgan fingerprint density at radius 1 is 1.08 bits per heavy atom. The molecule has 0 aliphatic heterocycles. The first-order valence-electron chi connectivity index (χ1n) is 11.7. The van der Waals surface area contributed by atoms with Gasteiger partial charge in [-0.1, -0.05) is 30.3 Å². The van der Waals surface area contributed by atoms with Gasteiger partial charge >= 0.3 is 0 Å². The second kappa shape index (κ2) is 11.9. The maximum Gasteiger partial charge on any atom is 0.252 e. The number of nitrogens with one attached hydrogen (secondary N) is 2. The van der Waals surface area contributed by atoms with E-state index in [1.165, 1.54) is 31.4 Å². The molecule has 1 aliphatic carbocycles. The van der Waals surface area contributed by atoms with Gasteiger partial charge in [-0.15, -0.1) is 0 Å². The topological polar surface area (TPSA) is 205 Å². The first-order chi connectivity index (χ1) is 17.8. The van der Waals surface area contributed by atoms with Crippen molar-refractivity contribution in [1.29, 1.82) is 0 Å². The number of amides is 3. The van der Waals surface area contributed by atoms with E-state index in [0.717, 1.165) is 0 Å². The van der Waals surface area contributed by atoms with Crippen LogP contribution < -0.4 is 21.1 Å². The fourth-order valence-electron chi connectivity index (χ4n) is 4.27. The number of hydrogen-bond donors (Lipinski definition) is 6. The van der Waals surface area contributed by atoms with Crippen molar-refractivity contribution in [3.8, 4) is 5.75 Å². The third-order valence-electron chi connectivity index (χ3n) is 6.35. The van der Waals surface area contributed by atoms with Crippen LogP contribution in [0.15, 0.2) is 59.5 Å². The Balaban J connectivity index is 1.69. The zero-order valence-electron chi connectivity index (χ0n) is 20.6. The largest absolute Gasteiger partial charge is 0.497 e. The van der Waals surface area contributed by atoms with Crippen LogP contribution in [0.4, 0.5) is 0 Å². The number of aliphatic hydroxyl groups excluding tert-OH is 2. The Labute approximate surface area is 219 Å². The summed E-state index contributed by atoms with van der Waals surface area (Å²) in [5.41, 5.74) is 3.79. The minimum Gasteiger partial charge on any atom is -0.497 e. The molecule has 3 rings (SSSR count). The quantitative estimate of drug-likeness (QED) is 0.202. The van der Waals surface area contributed by atoms with Crippen molar-refractivity contribution in [1.82, 2.24) is 10.6 Å². The van der Waals surface area contributed by atoms with E-state index in [2.05, 4.69) is 10.6 Å². The summed E-state index contributed by atoms with van der Waals surface area (Å²) in [5, 5.41) is 36.4. The second-order valence-corrected chi connectivity index (χ2v) is 11.2. The molecule has 0 heterocycles. The highest BCUT2D eigenvalue weighted by Gasteiger charge is 2.49. The van der Waals surface area contributed by atoms with Gasteiger partial charge in [0, 0.05) is 19.3 Å². The summed E-state index contributed by atoms with van der Waals surface area (Å²) < 4.78 is 30.1. The van der Waals surface area contributed by atoms with Crippen LogP contribution in [-0.4, -0.2) is 84.2 Å². The number of hydrogen-bond acceptors (Lipinski definition) is 9. The van der Waals surface area contributed by atoms with E-state index in [1.54, 1.807) is 30.3 Å². The lowest BCUT2D eigenvalue weighted by Gasteiger charge is -2.41. The van der Waals surface area contributed by atoms with E-state index in [9.17, 15) is 38.1 Å². The van der Waals surface area contributed by atoms with Crippen molar-refractivity contribution < 1.29 is 42.9 Å². The molecule has 0 saturated heterocycles. The molecule has 12 nitrogen and oxygen atoms in total. The molecular weight excluding hydrogens is 518 g/mol. The summed E-state index contributed by atoms with van der Waals surface area (Å²) >= 11 is 0. The molecule has 13 heteroatoms. The van der Waals surface area contributed by atoms with Gasteiger partial charge in [-0.2, -0.15) is 0 Å². The maximum absolute atomic E-state index is 13.0. The highest BCUT2D eigenvalue weighted by molar-refractivity contribution is 7.92. The van der Waals surface area contributed by atoms with Gasteiger partial charge in [-0.25, -0.2) is 8.42 Å². The van der Waals surface area contributed by atoms with Gasteiger partial charge < -0.3 is 36.4 Å². The van der Waals surface area contributed by atoms with Crippen LogP contribution in [0.1, 0.15) is 18.4 Å². The lowest BCUT2D eigenvalue weighted by atomic mass is 9.77. The fraction of sp³-hybridized carbons (Fsp3) is 0.400. The monoisotopic (exact) mass is 549 g/mol. The van der Waals surface area contributed by atoms with Crippen molar-refractivity contribution >= 4 is 27.6 Å². The maximum atomic E-state index is 13.0. The van der Waals surface area contributed by atoms with Gasteiger partial charge in [0.05, 0.1) is 24.2 Å². The predicted octanol–water partition coefficient (Wildman–Crippen LogP) is -1.59. The van der Waals surface area contributed by atoms with Crippen LogP contribution in [0.5, 0.6) is 5.75 Å². The average molecular weight is 550 g/mol. The van der Waals surface area contributed by atoms with Crippen molar-refractivity contribution in [2.75, 3.05) is 12.9 Å². The summed E-state index contributed by atoms with van der Waals surface area (Å²) in [6.07, 6.45) is -4.36. The second-order valence-electron chi connectivity index (χ2n) is 9.22. The molecule has 0 bridgehead atoms. The van der Waals surface area contributed by atoms with Gasteiger partial charge in [0.25, 0.3) is 5.91 Å². The van der Waals surface area contributed by atoms with Gasteiger partial charge in [0.15, 0.2) is 9.84 Å². The van der Waals surface area contributed by atoms with Crippen LogP contribution in [0.25, 0.3) is 0 Å². The Hall–Kier alpha value is -3.52. The van der Waals surface area contributed by atoms with E-state index >= 15 is 0 Å². The lowest BCUT2D eigenvalue weighted by molar-refractivity contribution is -0.160. The number of carbonyl (C=O) groups excluding carboxylic acids is 3. The summed E-state index contributed by atoms with van der Waals surface area (Å²) in [7, 11) is -2.51. The Bertz CT molecular complexity index is 1250. The number of ether oxygens (including phenoxy) is 1. The predicted molar refractivity (Wildman–Crippen MR) is 134 cm³/mol. The number of benzene rings is 2. The number of methoxy groups -OCH3 is 1. The molecule has 3 amide bonds. The molecular formula is C25H31N3O9S. The number of nitrogens with two attached hydrogens (primary N) is 1. The Kier molecular flexibility index (Phi) is 9.09. The summed E-state index contributed by atoms with van der Waals surface area (Å²) in [6, 6.07) is 11.4. The average Bonchev–Trinajstić information content (AvgIpc) is 2.87. The molecule has 0 aromatic heterocycles. The number of carbonyl (C=O) groups is 3. The van der Waals surface area contributed by atoms with Crippen LogP contribution in [-0.2, 0) is 30.6 Å². The van der Waals surface area contributed by atoms with Crippen molar-refractivity contribution in [3.05, 3.63) is 60.2 Å². The molecule has 0 radical (unpaired) electrons. The summed E-state index contributed by atoms with van der Waals surface area (Å²) in [5.74, 6) is -3.28. The zero-order chi connectivity index (χ0) is 28.1. The summed E-state index contributed by atoms with van der Waals surface area (Å²) in [6.45, 7) is 0. The molecule has 1 fully saturated rings. The third kappa shape index (κ3) is 7.07. The molecule has 38 heavy (non-hydrogen) atoms. The molecule has 1 aliphatic rings. The molecule has 0 spiro atoms. The van der Waals surface area contributed by atoms with Gasteiger partial charge in [-0.05, 0) is 29.8 Å². The van der Waals surface area contributed by atoms with E-state index in [0.29, 0.717) is 11.3 Å². The number of sulfone groups is 1. The molecule has 5 unspecified atom stereocenters. The summed E-state index contributed by atoms with van der Waals surface area (Å²) in [4.78, 5) is 37.5. The van der Waals surface area contributed by atoms with E-state index in [-0.39, 0.29) is 11.3 Å². The van der Waals surface area contributed by atoms with E-state index in [4.69, 9.17) is 10.5 Å². The van der Waals surface area contributed by atoms with Crippen molar-refractivity contribution in [2.24, 2.45) is 5.73 Å². The zero-order valence-corrected chi connectivity index (χ0v) is 21.4. The number of aliphatic hydroxyl groups is 3. The van der Waals surface area contributed by atoms with Crippen LogP contribution >= 0.6 is 0 Å². The van der Waals surface area contributed by atoms with Gasteiger partial charge in [-0.3, -0.25) is 14.4 Å². The molecule has 206 valence electrons. The van der Waals surface area contributed by atoms with Crippen LogP contribution in [0, 0.1) is 0 Å². The van der Waals surface area contributed by atoms with Crippen LogP contribution in [0.2, 0.25) is 0 Å². The number of rotatable bonds is 10. The van der Waals surface area contributed by atoms with E-state index in [1.807, 2.05) is 0 Å². The van der Waals surface area contributed by atoms with Crippen LogP contribution in [0.3, 0.4) is 0 Å².